The van der Waals surface area contributed by atoms with Gasteiger partial charge in [0.25, 0.3) is 11.8 Å². The van der Waals surface area contributed by atoms with Crippen LogP contribution in [0.1, 0.15) is 32.5 Å². The molecule has 0 bridgehead atoms. The zero-order chi connectivity index (χ0) is 19.2. The Kier molecular flexibility index (Phi) is 6.24. The van der Waals surface area contributed by atoms with Crippen LogP contribution in [0, 0.1) is 0 Å². The highest BCUT2D eigenvalue weighted by molar-refractivity contribution is 7.12. The van der Waals surface area contributed by atoms with E-state index < -0.39 is 0 Å². The Labute approximate surface area is 162 Å². The molecular weight excluding hydrogens is 362 g/mol. The SMILES string of the molecule is CCc1ccc(C(=O)N2CCN(C(=O)CNC(=O)c3cccs3)CC2)cc1. The van der Waals surface area contributed by atoms with Crippen LogP contribution >= 0.6 is 11.3 Å². The van der Waals surface area contributed by atoms with Gasteiger partial charge in [-0.25, -0.2) is 0 Å². The van der Waals surface area contributed by atoms with E-state index in [-0.39, 0.29) is 24.3 Å². The van der Waals surface area contributed by atoms with Crippen molar-refractivity contribution in [3.8, 4) is 0 Å². The van der Waals surface area contributed by atoms with E-state index in [9.17, 15) is 14.4 Å². The minimum atomic E-state index is -0.234. The highest BCUT2D eigenvalue weighted by atomic mass is 32.1. The highest BCUT2D eigenvalue weighted by Crippen LogP contribution is 2.11. The summed E-state index contributed by atoms with van der Waals surface area (Å²) < 4.78 is 0. The highest BCUT2D eigenvalue weighted by Gasteiger charge is 2.25. The number of piperazine rings is 1. The number of carbonyl (C=O) groups is 3. The number of rotatable bonds is 5. The van der Waals surface area contributed by atoms with Gasteiger partial charge in [-0.1, -0.05) is 25.1 Å². The summed E-state index contributed by atoms with van der Waals surface area (Å²) in [7, 11) is 0. The van der Waals surface area contributed by atoms with E-state index in [1.807, 2.05) is 29.6 Å². The second-order valence-corrected chi connectivity index (χ2v) is 7.33. The third-order valence-electron chi connectivity index (χ3n) is 4.67. The smallest absolute Gasteiger partial charge is 0.261 e. The van der Waals surface area contributed by atoms with E-state index in [4.69, 9.17) is 0 Å². The second-order valence-electron chi connectivity index (χ2n) is 6.38. The minimum Gasteiger partial charge on any atom is -0.342 e. The van der Waals surface area contributed by atoms with E-state index in [1.165, 1.54) is 16.9 Å². The molecule has 0 radical (unpaired) electrons. The van der Waals surface area contributed by atoms with Crippen LogP contribution in [0.3, 0.4) is 0 Å². The van der Waals surface area contributed by atoms with Gasteiger partial charge in [0.2, 0.25) is 5.91 Å². The monoisotopic (exact) mass is 385 g/mol. The van der Waals surface area contributed by atoms with E-state index >= 15 is 0 Å². The number of benzene rings is 1. The third-order valence-corrected chi connectivity index (χ3v) is 5.54. The molecule has 1 aromatic carbocycles. The van der Waals surface area contributed by atoms with Crippen molar-refractivity contribution in [3.63, 3.8) is 0 Å². The molecule has 0 atom stereocenters. The molecule has 2 aromatic rings. The molecule has 0 spiro atoms. The van der Waals surface area contributed by atoms with Crippen molar-refractivity contribution < 1.29 is 14.4 Å². The van der Waals surface area contributed by atoms with Crippen LogP contribution in [0.15, 0.2) is 41.8 Å². The van der Waals surface area contributed by atoms with E-state index in [0.717, 1.165) is 6.42 Å². The fourth-order valence-corrected chi connectivity index (χ4v) is 3.63. The summed E-state index contributed by atoms with van der Waals surface area (Å²) in [6, 6.07) is 11.2. The molecule has 142 valence electrons. The Hall–Kier alpha value is -2.67. The summed E-state index contributed by atoms with van der Waals surface area (Å²) >= 11 is 1.34. The number of hydrogen-bond acceptors (Lipinski definition) is 4. The first-order chi connectivity index (χ1) is 13.1. The van der Waals surface area contributed by atoms with Gasteiger partial charge >= 0.3 is 0 Å². The quantitative estimate of drug-likeness (QED) is 0.856. The lowest BCUT2D eigenvalue weighted by atomic mass is 10.1. The van der Waals surface area contributed by atoms with Crippen molar-refractivity contribution >= 4 is 29.1 Å². The molecule has 0 aliphatic carbocycles. The van der Waals surface area contributed by atoms with Crippen molar-refractivity contribution in [3.05, 3.63) is 57.8 Å². The first kappa shape index (κ1) is 19.1. The fraction of sp³-hybridized carbons (Fsp3) is 0.350. The van der Waals surface area contributed by atoms with Gasteiger partial charge in [0, 0.05) is 31.7 Å². The molecule has 7 heteroatoms. The van der Waals surface area contributed by atoms with E-state index in [2.05, 4.69) is 12.2 Å². The van der Waals surface area contributed by atoms with Crippen LogP contribution in [-0.4, -0.2) is 60.2 Å². The predicted octanol–water partition coefficient (Wildman–Crippen LogP) is 2.02. The number of amides is 3. The number of carbonyl (C=O) groups excluding carboxylic acids is 3. The van der Waals surface area contributed by atoms with Crippen molar-refractivity contribution in [1.29, 1.82) is 0 Å². The van der Waals surface area contributed by atoms with Gasteiger partial charge in [-0.05, 0) is 35.6 Å². The standard InChI is InChI=1S/C20H23N3O3S/c1-2-15-5-7-16(8-6-15)20(26)23-11-9-22(10-12-23)18(24)14-21-19(25)17-4-3-13-27-17/h3-8,13H,2,9-12,14H2,1H3,(H,21,25). The van der Waals surface area contributed by atoms with Gasteiger partial charge in [-0.3, -0.25) is 14.4 Å². The molecule has 27 heavy (non-hydrogen) atoms. The molecule has 1 aliphatic heterocycles. The molecule has 0 saturated carbocycles. The third kappa shape index (κ3) is 4.74. The maximum Gasteiger partial charge on any atom is 0.261 e. The molecule has 3 amide bonds. The topological polar surface area (TPSA) is 69.7 Å². The largest absolute Gasteiger partial charge is 0.342 e. The van der Waals surface area contributed by atoms with Gasteiger partial charge < -0.3 is 15.1 Å². The Morgan fingerprint density at radius 3 is 2.26 bits per heavy atom. The predicted molar refractivity (Wildman–Crippen MR) is 105 cm³/mol. The number of nitrogens with one attached hydrogen (secondary N) is 1. The number of nitrogens with zero attached hydrogens (tertiary/aromatic N) is 2. The summed E-state index contributed by atoms with van der Waals surface area (Å²) in [6.07, 6.45) is 0.943. The summed E-state index contributed by atoms with van der Waals surface area (Å²) in [6.45, 7) is 4.01. The first-order valence-corrected chi connectivity index (χ1v) is 9.94. The van der Waals surface area contributed by atoms with Crippen molar-refractivity contribution in [2.24, 2.45) is 0 Å². The molecule has 1 aliphatic rings. The van der Waals surface area contributed by atoms with E-state index in [0.29, 0.717) is 36.6 Å². The molecule has 3 rings (SSSR count). The van der Waals surface area contributed by atoms with Crippen LogP contribution in [0.25, 0.3) is 0 Å². The summed E-state index contributed by atoms with van der Waals surface area (Å²) in [5.74, 6) is -0.363. The maximum atomic E-state index is 12.6. The lowest BCUT2D eigenvalue weighted by molar-refractivity contribution is -0.131. The zero-order valence-corrected chi connectivity index (χ0v) is 16.1. The Morgan fingerprint density at radius 1 is 1.00 bits per heavy atom. The first-order valence-electron chi connectivity index (χ1n) is 9.06. The molecule has 6 nitrogen and oxygen atoms in total. The van der Waals surface area contributed by atoms with Gasteiger partial charge in [0.1, 0.15) is 0 Å². The van der Waals surface area contributed by atoms with Crippen LogP contribution in [0.2, 0.25) is 0 Å². The summed E-state index contributed by atoms with van der Waals surface area (Å²) in [5.41, 5.74) is 1.88. The Balaban J connectivity index is 1.46. The van der Waals surface area contributed by atoms with Gasteiger partial charge in [-0.15, -0.1) is 11.3 Å². The van der Waals surface area contributed by atoms with Gasteiger partial charge in [-0.2, -0.15) is 0 Å². The van der Waals surface area contributed by atoms with Crippen molar-refractivity contribution in [2.75, 3.05) is 32.7 Å². The van der Waals surface area contributed by atoms with Crippen LogP contribution in [0.5, 0.6) is 0 Å². The molecule has 1 saturated heterocycles. The van der Waals surface area contributed by atoms with Gasteiger partial charge in [0.05, 0.1) is 11.4 Å². The van der Waals surface area contributed by atoms with Crippen molar-refractivity contribution in [1.82, 2.24) is 15.1 Å². The van der Waals surface area contributed by atoms with Crippen LogP contribution in [-0.2, 0) is 11.2 Å². The van der Waals surface area contributed by atoms with Crippen molar-refractivity contribution in [2.45, 2.75) is 13.3 Å². The molecule has 0 unspecified atom stereocenters. The maximum absolute atomic E-state index is 12.6. The van der Waals surface area contributed by atoms with E-state index in [1.54, 1.807) is 21.9 Å². The van der Waals surface area contributed by atoms with Gasteiger partial charge in [0.15, 0.2) is 0 Å². The lowest BCUT2D eigenvalue weighted by Crippen LogP contribution is -2.52. The lowest BCUT2D eigenvalue weighted by Gasteiger charge is -2.34. The molecule has 1 N–H and O–H groups in total. The van der Waals surface area contributed by atoms with Crippen LogP contribution in [0.4, 0.5) is 0 Å². The average Bonchev–Trinajstić information content (AvgIpc) is 3.26. The molecular formula is C20H23N3O3S. The molecule has 2 heterocycles. The molecule has 1 aromatic heterocycles. The summed E-state index contributed by atoms with van der Waals surface area (Å²) in [5, 5.41) is 4.47. The normalized spacial score (nSPS) is 14.1. The average molecular weight is 385 g/mol. The number of aryl methyl sites for hydroxylation is 1. The zero-order valence-electron chi connectivity index (χ0n) is 15.3. The molecule has 1 fully saturated rings. The Bertz CT molecular complexity index is 794. The minimum absolute atomic E-state index is 0.00393. The fourth-order valence-electron chi connectivity index (χ4n) is 2.99. The number of thiophene rings is 1. The summed E-state index contributed by atoms with van der Waals surface area (Å²) in [4.78, 5) is 40.9. The van der Waals surface area contributed by atoms with Crippen LogP contribution < -0.4 is 5.32 Å². The Morgan fingerprint density at radius 2 is 1.67 bits per heavy atom. The second kappa shape index (κ2) is 8.81. The number of hydrogen-bond donors (Lipinski definition) is 1.